The molecular weight excluding hydrogens is 292 g/mol. The van der Waals surface area contributed by atoms with Crippen LogP contribution < -0.4 is 15.8 Å². The first-order valence-electron chi connectivity index (χ1n) is 7.84. The van der Waals surface area contributed by atoms with E-state index in [2.05, 4.69) is 15.2 Å². The van der Waals surface area contributed by atoms with E-state index in [4.69, 9.17) is 0 Å². The third-order valence-corrected chi connectivity index (χ3v) is 3.94. The number of aromatic nitrogens is 2. The Bertz CT molecular complexity index is 718. The average molecular weight is 312 g/mol. The molecule has 6 heteroatoms. The molecule has 3 rings (SSSR count). The molecule has 0 atom stereocenters. The van der Waals surface area contributed by atoms with Gasteiger partial charge in [0.05, 0.1) is 0 Å². The number of pyridine rings is 2. The van der Waals surface area contributed by atoms with Crippen molar-refractivity contribution in [3.8, 4) is 0 Å². The van der Waals surface area contributed by atoms with Gasteiger partial charge in [0.25, 0.3) is 5.56 Å². The van der Waals surface area contributed by atoms with Gasteiger partial charge in [0.2, 0.25) is 5.91 Å². The van der Waals surface area contributed by atoms with Gasteiger partial charge in [0, 0.05) is 38.1 Å². The Morgan fingerprint density at radius 1 is 1.17 bits per heavy atom. The number of hydrogen-bond donors (Lipinski definition) is 1. The predicted octanol–water partition coefficient (Wildman–Crippen LogP) is 1.16. The molecule has 1 aliphatic heterocycles. The molecule has 0 bridgehead atoms. The first-order chi connectivity index (χ1) is 11.2. The van der Waals surface area contributed by atoms with Crippen LogP contribution in [0.25, 0.3) is 0 Å². The van der Waals surface area contributed by atoms with E-state index in [1.807, 2.05) is 12.1 Å². The Labute approximate surface area is 134 Å². The fourth-order valence-electron chi connectivity index (χ4n) is 2.66. The van der Waals surface area contributed by atoms with Crippen LogP contribution in [-0.2, 0) is 17.9 Å². The fourth-order valence-corrected chi connectivity index (χ4v) is 2.66. The molecule has 1 aliphatic rings. The molecule has 2 aromatic heterocycles. The molecular formula is C17H20N4O2. The van der Waals surface area contributed by atoms with Crippen molar-refractivity contribution in [3.05, 3.63) is 58.6 Å². The van der Waals surface area contributed by atoms with E-state index in [1.165, 1.54) is 23.5 Å². The molecule has 23 heavy (non-hydrogen) atoms. The van der Waals surface area contributed by atoms with Crippen LogP contribution in [0.5, 0.6) is 0 Å². The predicted molar refractivity (Wildman–Crippen MR) is 88.2 cm³/mol. The number of hydrogen-bond acceptors (Lipinski definition) is 4. The highest BCUT2D eigenvalue weighted by Gasteiger charge is 2.13. The van der Waals surface area contributed by atoms with Crippen LogP contribution in [0, 0.1) is 0 Å². The first kappa shape index (κ1) is 15.3. The number of nitrogens with one attached hydrogen (secondary N) is 1. The van der Waals surface area contributed by atoms with Crippen LogP contribution in [0.1, 0.15) is 18.4 Å². The molecule has 1 N–H and O–H groups in total. The minimum absolute atomic E-state index is 0.0267. The Morgan fingerprint density at radius 3 is 2.70 bits per heavy atom. The van der Waals surface area contributed by atoms with Gasteiger partial charge in [-0.05, 0) is 30.5 Å². The molecule has 0 aromatic carbocycles. The fraction of sp³-hybridized carbons (Fsp3) is 0.353. The van der Waals surface area contributed by atoms with Crippen molar-refractivity contribution in [2.75, 3.05) is 18.0 Å². The van der Waals surface area contributed by atoms with Gasteiger partial charge in [0.1, 0.15) is 12.4 Å². The largest absolute Gasteiger partial charge is 0.357 e. The van der Waals surface area contributed by atoms with Crippen molar-refractivity contribution >= 4 is 11.7 Å². The summed E-state index contributed by atoms with van der Waals surface area (Å²) in [5.41, 5.74) is 0.765. The summed E-state index contributed by atoms with van der Waals surface area (Å²) in [7, 11) is 0. The van der Waals surface area contributed by atoms with Gasteiger partial charge in [-0.3, -0.25) is 9.59 Å². The number of rotatable bonds is 5. The maximum atomic E-state index is 11.9. The number of anilines is 1. The molecule has 1 saturated heterocycles. The normalized spacial score (nSPS) is 14.0. The summed E-state index contributed by atoms with van der Waals surface area (Å²) in [5, 5.41) is 2.81. The number of carbonyl (C=O) groups is 1. The molecule has 0 saturated carbocycles. The van der Waals surface area contributed by atoms with Crippen LogP contribution >= 0.6 is 0 Å². The Morgan fingerprint density at radius 2 is 2.00 bits per heavy atom. The molecule has 3 heterocycles. The van der Waals surface area contributed by atoms with E-state index < -0.39 is 0 Å². The van der Waals surface area contributed by atoms with E-state index in [0.717, 1.165) is 24.5 Å². The second-order valence-electron chi connectivity index (χ2n) is 5.66. The number of amides is 1. The van der Waals surface area contributed by atoms with Crippen molar-refractivity contribution < 1.29 is 4.79 Å². The zero-order chi connectivity index (χ0) is 16.1. The van der Waals surface area contributed by atoms with E-state index in [1.54, 1.807) is 24.5 Å². The monoisotopic (exact) mass is 312 g/mol. The van der Waals surface area contributed by atoms with Crippen molar-refractivity contribution in [1.29, 1.82) is 0 Å². The first-order valence-corrected chi connectivity index (χ1v) is 7.84. The standard InChI is InChI=1S/C17H20N4O2/c22-16(13-21-10-2-1-5-17(21)23)19-12-14-6-7-15(18-11-14)20-8-3-4-9-20/h1-2,5-7,10-11H,3-4,8-9,12-13H2,(H,19,22). The second-order valence-corrected chi connectivity index (χ2v) is 5.66. The van der Waals surface area contributed by atoms with Crippen molar-refractivity contribution in [1.82, 2.24) is 14.9 Å². The zero-order valence-corrected chi connectivity index (χ0v) is 12.9. The highest BCUT2D eigenvalue weighted by atomic mass is 16.2. The number of carbonyl (C=O) groups excluding carboxylic acids is 1. The maximum absolute atomic E-state index is 11.9. The summed E-state index contributed by atoms with van der Waals surface area (Å²) < 4.78 is 1.38. The van der Waals surface area contributed by atoms with E-state index in [0.29, 0.717) is 6.54 Å². The van der Waals surface area contributed by atoms with Gasteiger partial charge < -0.3 is 14.8 Å². The Kier molecular flexibility index (Phi) is 4.71. The summed E-state index contributed by atoms with van der Waals surface area (Å²) >= 11 is 0. The van der Waals surface area contributed by atoms with Crippen LogP contribution in [0.15, 0.2) is 47.5 Å². The van der Waals surface area contributed by atoms with Crippen molar-refractivity contribution in [3.63, 3.8) is 0 Å². The average Bonchev–Trinajstić information content (AvgIpc) is 3.10. The summed E-state index contributed by atoms with van der Waals surface area (Å²) in [6, 6.07) is 8.80. The summed E-state index contributed by atoms with van der Waals surface area (Å²) in [6.07, 6.45) is 5.84. The van der Waals surface area contributed by atoms with Gasteiger partial charge in [-0.25, -0.2) is 4.98 Å². The van der Waals surface area contributed by atoms with Gasteiger partial charge in [-0.2, -0.15) is 0 Å². The van der Waals surface area contributed by atoms with Crippen LogP contribution in [0.4, 0.5) is 5.82 Å². The lowest BCUT2D eigenvalue weighted by atomic mass is 10.2. The van der Waals surface area contributed by atoms with Crippen molar-refractivity contribution in [2.24, 2.45) is 0 Å². The Balaban J connectivity index is 1.52. The van der Waals surface area contributed by atoms with Gasteiger partial charge in [-0.15, -0.1) is 0 Å². The summed E-state index contributed by atoms with van der Waals surface area (Å²) in [4.78, 5) is 30.2. The highest BCUT2D eigenvalue weighted by Crippen LogP contribution is 2.17. The molecule has 0 spiro atoms. The molecule has 0 unspecified atom stereocenters. The lowest BCUT2D eigenvalue weighted by Gasteiger charge is -2.16. The maximum Gasteiger partial charge on any atom is 0.250 e. The molecule has 2 aromatic rings. The number of nitrogens with zero attached hydrogens (tertiary/aromatic N) is 3. The second kappa shape index (κ2) is 7.09. The third-order valence-electron chi connectivity index (χ3n) is 3.94. The van der Waals surface area contributed by atoms with Crippen LogP contribution in [0.3, 0.4) is 0 Å². The molecule has 0 radical (unpaired) electrons. The Hall–Kier alpha value is -2.63. The molecule has 120 valence electrons. The quantitative estimate of drug-likeness (QED) is 0.899. The smallest absolute Gasteiger partial charge is 0.250 e. The van der Waals surface area contributed by atoms with Crippen molar-refractivity contribution in [2.45, 2.75) is 25.9 Å². The molecule has 0 aliphatic carbocycles. The van der Waals surface area contributed by atoms with Gasteiger partial charge >= 0.3 is 0 Å². The van der Waals surface area contributed by atoms with Gasteiger partial charge in [-0.1, -0.05) is 12.1 Å². The lowest BCUT2D eigenvalue weighted by Crippen LogP contribution is -2.31. The summed E-state index contributed by atoms with van der Waals surface area (Å²) in [6.45, 7) is 2.57. The van der Waals surface area contributed by atoms with Gasteiger partial charge in [0.15, 0.2) is 0 Å². The molecule has 6 nitrogen and oxygen atoms in total. The minimum atomic E-state index is -0.193. The van der Waals surface area contributed by atoms with E-state index in [-0.39, 0.29) is 18.0 Å². The zero-order valence-electron chi connectivity index (χ0n) is 12.9. The summed E-state index contributed by atoms with van der Waals surface area (Å²) in [5.74, 6) is 0.801. The molecule has 1 amide bonds. The third kappa shape index (κ3) is 3.97. The highest BCUT2D eigenvalue weighted by molar-refractivity contribution is 5.75. The van der Waals surface area contributed by atoms with E-state index >= 15 is 0 Å². The lowest BCUT2D eigenvalue weighted by molar-refractivity contribution is -0.121. The van der Waals surface area contributed by atoms with Crippen LogP contribution in [-0.4, -0.2) is 28.5 Å². The topological polar surface area (TPSA) is 67.2 Å². The minimum Gasteiger partial charge on any atom is -0.357 e. The SMILES string of the molecule is O=C(Cn1ccccc1=O)NCc1ccc(N2CCCC2)nc1. The van der Waals surface area contributed by atoms with Crippen LogP contribution in [0.2, 0.25) is 0 Å². The van der Waals surface area contributed by atoms with E-state index in [9.17, 15) is 9.59 Å². The molecule has 1 fully saturated rings.